The van der Waals surface area contributed by atoms with Gasteiger partial charge in [-0.2, -0.15) is 9.61 Å². The molecule has 0 aliphatic rings. The molecule has 0 amide bonds. The van der Waals surface area contributed by atoms with Crippen molar-refractivity contribution in [3.05, 3.63) is 48.0 Å². The number of fused-ring (bicyclic) bond motifs is 1. The molecule has 0 saturated heterocycles. The van der Waals surface area contributed by atoms with Crippen molar-refractivity contribution in [2.24, 2.45) is 5.73 Å². The molecular formula is C13H12FN5. The van der Waals surface area contributed by atoms with E-state index >= 15 is 0 Å². The molecule has 19 heavy (non-hydrogen) atoms. The molecule has 3 rings (SSSR count). The van der Waals surface area contributed by atoms with Gasteiger partial charge in [0.15, 0.2) is 11.5 Å². The predicted molar refractivity (Wildman–Crippen MR) is 68.9 cm³/mol. The fourth-order valence-corrected chi connectivity index (χ4v) is 1.89. The second-order valence-corrected chi connectivity index (χ2v) is 4.15. The molecule has 0 atom stereocenters. The number of nitrogens with two attached hydrogens (primary N) is 1. The lowest BCUT2D eigenvalue weighted by molar-refractivity contribution is 0.628. The van der Waals surface area contributed by atoms with E-state index in [1.165, 1.54) is 12.1 Å². The van der Waals surface area contributed by atoms with Crippen molar-refractivity contribution in [1.82, 2.24) is 19.8 Å². The third kappa shape index (κ3) is 2.17. The monoisotopic (exact) mass is 257 g/mol. The van der Waals surface area contributed by atoms with Crippen molar-refractivity contribution in [2.75, 3.05) is 6.54 Å². The molecule has 3 aromatic rings. The van der Waals surface area contributed by atoms with Gasteiger partial charge in [-0.15, -0.1) is 10.2 Å². The maximum atomic E-state index is 12.9. The van der Waals surface area contributed by atoms with Crippen molar-refractivity contribution < 1.29 is 4.39 Å². The maximum Gasteiger partial charge on any atom is 0.177 e. The van der Waals surface area contributed by atoms with Crippen molar-refractivity contribution in [3.8, 4) is 11.3 Å². The Morgan fingerprint density at radius 3 is 2.58 bits per heavy atom. The van der Waals surface area contributed by atoms with E-state index in [2.05, 4.69) is 15.3 Å². The molecule has 2 aromatic heterocycles. The second-order valence-electron chi connectivity index (χ2n) is 4.15. The third-order valence-corrected chi connectivity index (χ3v) is 2.84. The zero-order valence-electron chi connectivity index (χ0n) is 10.1. The number of hydrogen-bond donors (Lipinski definition) is 1. The Balaban J connectivity index is 2.09. The summed E-state index contributed by atoms with van der Waals surface area (Å²) in [5, 5.41) is 12.5. The first-order valence-corrected chi connectivity index (χ1v) is 5.95. The molecule has 0 radical (unpaired) electrons. The fraction of sp³-hybridized carbons (Fsp3) is 0.154. The van der Waals surface area contributed by atoms with Gasteiger partial charge in [-0.3, -0.25) is 0 Å². The number of hydrogen-bond acceptors (Lipinski definition) is 4. The highest BCUT2D eigenvalue weighted by Gasteiger charge is 2.08. The van der Waals surface area contributed by atoms with E-state index in [1.54, 1.807) is 16.6 Å². The molecule has 0 unspecified atom stereocenters. The van der Waals surface area contributed by atoms with Gasteiger partial charge in [-0.05, 0) is 42.9 Å². The zero-order chi connectivity index (χ0) is 13.2. The van der Waals surface area contributed by atoms with Crippen LogP contribution in [0.4, 0.5) is 4.39 Å². The summed E-state index contributed by atoms with van der Waals surface area (Å²) in [7, 11) is 0. The summed E-state index contributed by atoms with van der Waals surface area (Å²) in [6.45, 7) is 0.489. The standard InChI is InChI=1S/C13H12FN5/c14-10-3-1-9(2-4-10)11-5-6-12-16-17-13(7-8-15)19(12)18-11/h1-6H,7-8,15H2. The van der Waals surface area contributed by atoms with Gasteiger partial charge in [-0.1, -0.05) is 0 Å². The van der Waals surface area contributed by atoms with E-state index < -0.39 is 0 Å². The minimum absolute atomic E-state index is 0.266. The van der Waals surface area contributed by atoms with Gasteiger partial charge in [0.05, 0.1) is 5.69 Å². The summed E-state index contributed by atoms with van der Waals surface area (Å²) in [5.41, 5.74) is 7.79. The van der Waals surface area contributed by atoms with Crippen molar-refractivity contribution in [3.63, 3.8) is 0 Å². The van der Waals surface area contributed by atoms with Gasteiger partial charge in [0.1, 0.15) is 5.82 Å². The molecule has 0 saturated carbocycles. The molecule has 0 fully saturated rings. The lowest BCUT2D eigenvalue weighted by atomic mass is 10.1. The van der Waals surface area contributed by atoms with Gasteiger partial charge < -0.3 is 5.73 Å². The number of halogens is 1. The van der Waals surface area contributed by atoms with Crippen LogP contribution < -0.4 is 5.73 Å². The second kappa shape index (κ2) is 4.74. The first-order valence-electron chi connectivity index (χ1n) is 5.95. The molecular weight excluding hydrogens is 245 g/mol. The number of nitrogens with zero attached hydrogens (tertiary/aromatic N) is 4. The van der Waals surface area contributed by atoms with Crippen LogP contribution in [-0.2, 0) is 6.42 Å². The Morgan fingerprint density at radius 1 is 1.05 bits per heavy atom. The largest absolute Gasteiger partial charge is 0.330 e. The summed E-state index contributed by atoms with van der Waals surface area (Å²) in [6.07, 6.45) is 0.612. The van der Waals surface area contributed by atoms with Crippen molar-refractivity contribution >= 4 is 5.65 Å². The molecule has 1 aromatic carbocycles. The SMILES string of the molecule is NCCc1nnc2ccc(-c3ccc(F)cc3)nn12. The van der Waals surface area contributed by atoms with E-state index in [0.29, 0.717) is 18.6 Å². The lowest BCUT2D eigenvalue weighted by Gasteiger charge is -2.02. The topological polar surface area (TPSA) is 69.1 Å². The zero-order valence-corrected chi connectivity index (χ0v) is 10.1. The summed E-state index contributed by atoms with van der Waals surface area (Å²) in [4.78, 5) is 0. The van der Waals surface area contributed by atoms with Gasteiger partial charge in [0.2, 0.25) is 0 Å². The molecule has 96 valence electrons. The van der Waals surface area contributed by atoms with E-state index in [-0.39, 0.29) is 5.82 Å². The minimum atomic E-state index is -0.266. The van der Waals surface area contributed by atoms with E-state index in [1.807, 2.05) is 12.1 Å². The van der Waals surface area contributed by atoms with E-state index in [9.17, 15) is 4.39 Å². The third-order valence-electron chi connectivity index (χ3n) is 2.84. The van der Waals surface area contributed by atoms with Gasteiger partial charge >= 0.3 is 0 Å². The number of aromatic nitrogens is 4. The molecule has 6 heteroatoms. The maximum absolute atomic E-state index is 12.9. The number of benzene rings is 1. The minimum Gasteiger partial charge on any atom is -0.330 e. The predicted octanol–water partition coefficient (Wildman–Crippen LogP) is 1.43. The van der Waals surface area contributed by atoms with Crippen LogP contribution >= 0.6 is 0 Å². The molecule has 0 bridgehead atoms. The molecule has 0 aliphatic heterocycles. The quantitative estimate of drug-likeness (QED) is 0.770. The smallest absolute Gasteiger partial charge is 0.177 e. The lowest BCUT2D eigenvalue weighted by Crippen LogP contribution is -2.08. The van der Waals surface area contributed by atoms with Crippen LogP contribution in [0.15, 0.2) is 36.4 Å². The molecule has 5 nitrogen and oxygen atoms in total. The van der Waals surface area contributed by atoms with Crippen LogP contribution in [-0.4, -0.2) is 26.4 Å². The van der Waals surface area contributed by atoms with Crippen LogP contribution in [0.3, 0.4) is 0 Å². The van der Waals surface area contributed by atoms with Gasteiger partial charge in [-0.25, -0.2) is 4.39 Å². The van der Waals surface area contributed by atoms with Crippen LogP contribution in [0.5, 0.6) is 0 Å². The Morgan fingerprint density at radius 2 is 1.84 bits per heavy atom. The van der Waals surface area contributed by atoms with Crippen LogP contribution in [0.1, 0.15) is 5.82 Å². The highest BCUT2D eigenvalue weighted by Crippen LogP contribution is 2.17. The Kier molecular flexibility index (Phi) is 2.92. The van der Waals surface area contributed by atoms with Gasteiger partial charge in [0.25, 0.3) is 0 Å². The highest BCUT2D eigenvalue weighted by atomic mass is 19.1. The highest BCUT2D eigenvalue weighted by molar-refractivity contribution is 5.60. The average molecular weight is 257 g/mol. The normalized spacial score (nSPS) is 11.1. The van der Waals surface area contributed by atoms with Crippen molar-refractivity contribution in [2.45, 2.75) is 6.42 Å². The summed E-state index contributed by atoms with van der Waals surface area (Å²) >= 11 is 0. The Hall–Kier alpha value is -2.34. The first kappa shape index (κ1) is 11.7. The van der Waals surface area contributed by atoms with Crippen LogP contribution in [0.2, 0.25) is 0 Å². The number of rotatable bonds is 3. The van der Waals surface area contributed by atoms with E-state index in [0.717, 1.165) is 17.1 Å². The summed E-state index contributed by atoms with van der Waals surface area (Å²) in [6, 6.07) is 9.87. The van der Waals surface area contributed by atoms with Crippen LogP contribution in [0, 0.1) is 5.82 Å². The molecule has 2 N–H and O–H groups in total. The molecule has 0 spiro atoms. The van der Waals surface area contributed by atoms with E-state index in [4.69, 9.17) is 5.73 Å². The first-order chi connectivity index (χ1) is 9.28. The summed E-state index contributed by atoms with van der Waals surface area (Å²) < 4.78 is 14.6. The Labute approximate surface area is 108 Å². The van der Waals surface area contributed by atoms with Crippen molar-refractivity contribution in [1.29, 1.82) is 0 Å². The molecule has 2 heterocycles. The van der Waals surface area contributed by atoms with Crippen LogP contribution in [0.25, 0.3) is 16.9 Å². The average Bonchev–Trinajstić information content (AvgIpc) is 2.83. The fourth-order valence-electron chi connectivity index (χ4n) is 1.89. The molecule has 0 aliphatic carbocycles. The Bertz CT molecular complexity index is 705. The van der Waals surface area contributed by atoms with Gasteiger partial charge in [0, 0.05) is 12.0 Å². The summed E-state index contributed by atoms with van der Waals surface area (Å²) in [5.74, 6) is 0.458.